The standard InChI is InChI=1S/C17H21N3O2S/c1-12-8-10-20(11-9-12)16(21)13(2)23-17-19-18-15(22-17)14-6-4-3-5-7-14/h3-7,12-13H,8-11H2,1-2H3. The molecule has 1 amide bonds. The molecule has 0 spiro atoms. The molecule has 1 saturated heterocycles. The lowest BCUT2D eigenvalue weighted by Gasteiger charge is -2.31. The second-order valence-corrected chi connectivity index (χ2v) is 7.30. The minimum Gasteiger partial charge on any atom is -0.411 e. The predicted octanol–water partition coefficient (Wildman–Crippen LogP) is 3.48. The number of hydrogen-bond acceptors (Lipinski definition) is 5. The van der Waals surface area contributed by atoms with Gasteiger partial charge in [0, 0.05) is 18.7 Å². The van der Waals surface area contributed by atoms with Gasteiger partial charge in [0.15, 0.2) is 0 Å². The van der Waals surface area contributed by atoms with Gasteiger partial charge in [0.1, 0.15) is 0 Å². The smallest absolute Gasteiger partial charge is 0.277 e. The number of piperidine rings is 1. The highest BCUT2D eigenvalue weighted by molar-refractivity contribution is 8.00. The number of nitrogens with zero attached hydrogens (tertiary/aromatic N) is 3. The fourth-order valence-electron chi connectivity index (χ4n) is 2.64. The third-order valence-electron chi connectivity index (χ3n) is 4.15. The van der Waals surface area contributed by atoms with E-state index >= 15 is 0 Å². The number of rotatable bonds is 4. The maximum atomic E-state index is 12.5. The number of carbonyl (C=O) groups excluding carboxylic acids is 1. The highest BCUT2D eigenvalue weighted by atomic mass is 32.2. The zero-order chi connectivity index (χ0) is 16.2. The molecule has 2 aromatic rings. The molecule has 0 saturated carbocycles. The maximum absolute atomic E-state index is 12.5. The Bertz CT molecular complexity index is 651. The van der Waals surface area contributed by atoms with Crippen LogP contribution in [0.4, 0.5) is 0 Å². The van der Waals surface area contributed by atoms with Crippen molar-refractivity contribution in [3.63, 3.8) is 0 Å². The molecule has 5 nitrogen and oxygen atoms in total. The van der Waals surface area contributed by atoms with Crippen LogP contribution in [0.15, 0.2) is 40.0 Å². The van der Waals surface area contributed by atoms with E-state index in [1.165, 1.54) is 11.8 Å². The summed E-state index contributed by atoms with van der Waals surface area (Å²) in [5.74, 6) is 1.35. The van der Waals surface area contributed by atoms with Crippen molar-refractivity contribution in [2.24, 2.45) is 5.92 Å². The highest BCUT2D eigenvalue weighted by Gasteiger charge is 2.26. The van der Waals surface area contributed by atoms with Crippen molar-refractivity contribution >= 4 is 17.7 Å². The molecule has 1 atom stereocenters. The Labute approximate surface area is 140 Å². The summed E-state index contributed by atoms with van der Waals surface area (Å²) in [7, 11) is 0. The topological polar surface area (TPSA) is 59.2 Å². The molecule has 0 radical (unpaired) electrons. The monoisotopic (exact) mass is 331 g/mol. The van der Waals surface area contributed by atoms with Crippen LogP contribution in [0.2, 0.25) is 0 Å². The van der Waals surface area contributed by atoms with Gasteiger partial charge in [-0.3, -0.25) is 4.79 Å². The summed E-state index contributed by atoms with van der Waals surface area (Å²) in [5, 5.41) is 8.33. The molecular formula is C17H21N3O2S. The van der Waals surface area contributed by atoms with Crippen LogP contribution in [0.1, 0.15) is 26.7 Å². The van der Waals surface area contributed by atoms with Crippen molar-refractivity contribution in [3.05, 3.63) is 30.3 Å². The van der Waals surface area contributed by atoms with E-state index in [2.05, 4.69) is 17.1 Å². The molecular weight excluding hydrogens is 310 g/mol. The zero-order valence-corrected chi connectivity index (χ0v) is 14.3. The van der Waals surface area contributed by atoms with Gasteiger partial charge in [0.05, 0.1) is 5.25 Å². The summed E-state index contributed by atoms with van der Waals surface area (Å²) < 4.78 is 5.66. The number of benzene rings is 1. The first kappa shape index (κ1) is 16.1. The van der Waals surface area contributed by atoms with Gasteiger partial charge in [-0.15, -0.1) is 10.2 Å². The molecule has 1 aliphatic rings. The Morgan fingerprint density at radius 1 is 1.26 bits per heavy atom. The first-order valence-corrected chi connectivity index (χ1v) is 8.86. The molecule has 122 valence electrons. The van der Waals surface area contributed by atoms with Crippen molar-refractivity contribution in [1.29, 1.82) is 0 Å². The lowest BCUT2D eigenvalue weighted by molar-refractivity contribution is -0.131. The molecule has 1 aromatic heterocycles. The molecule has 0 N–H and O–H groups in total. The SMILES string of the molecule is CC1CCN(C(=O)C(C)Sc2nnc(-c3ccccc3)o2)CC1. The van der Waals surface area contributed by atoms with Crippen LogP contribution in [0.25, 0.3) is 11.5 Å². The quantitative estimate of drug-likeness (QED) is 0.803. The Balaban J connectivity index is 1.61. The third kappa shape index (κ3) is 3.93. The minimum atomic E-state index is -0.215. The zero-order valence-electron chi connectivity index (χ0n) is 13.4. The van der Waals surface area contributed by atoms with Gasteiger partial charge in [-0.05, 0) is 37.8 Å². The number of aromatic nitrogens is 2. The minimum absolute atomic E-state index is 0.154. The van der Waals surface area contributed by atoms with Gasteiger partial charge in [0.2, 0.25) is 11.8 Å². The third-order valence-corrected chi connectivity index (χ3v) is 5.07. The van der Waals surface area contributed by atoms with Crippen molar-refractivity contribution < 1.29 is 9.21 Å². The first-order chi connectivity index (χ1) is 11.1. The van der Waals surface area contributed by atoms with Crippen LogP contribution in [-0.4, -0.2) is 39.3 Å². The van der Waals surface area contributed by atoms with Crippen molar-refractivity contribution in [3.8, 4) is 11.5 Å². The number of thioether (sulfide) groups is 1. The molecule has 1 fully saturated rings. The van der Waals surface area contributed by atoms with E-state index in [-0.39, 0.29) is 11.2 Å². The number of likely N-dealkylation sites (tertiary alicyclic amines) is 1. The molecule has 0 aliphatic carbocycles. The van der Waals surface area contributed by atoms with E-state index in [1.807, 2.05) is 42.2 Å². The first-order valence-electron chi connectivity index (χ1n) is 7.98. The summed E-state index contributed by atoms with van der Waals surface area (Å²) in [4.78, 5) is 14.5. The summed E-state index contributed by atoms with van der Waals surface area (Å²) in [6, 6.07) is 9.64. The van der Waals surface area contributed by atoms with E-state index in [9.17, 15) is 4.79 Å². The Morgan fingerprint density at radius 3 is 2.65 bits per heavy atom. The van der Waals surface area contributed by atoms with Gasteiger partial charge < -0.3 is 9.32 Å². The Kier molecular flexibility index (Phi) is 5.00. The second kappa shape index (κ2) is 7.17. The highest BCUT2D eigenvalue weighted by Crippen LogP contribution is 2.27. The summed E-state index contributed by atoms with van der Waals surface area (Å²) in [6.45, 7) is 5.84. The van der Waals surface area contributed by atoms with Crippen LogP contribution in [0.5, 0.6) is 0 Å². The number of carbonyl (C=O) groups is 1. The van der Waals surface area contributed by atoms with Gasteiger partial charge >= 0.3 is 0 Å². The molecule has 6 heteroatoms. The van der Waals surface area contributed by atoms with Crippen LogP contribution in [0, 0.1) is 5.92 Å². The van der Waals surface area contributed by atoms with Crippen molar-refractivity contribution in [2.45, 2.75) is 37.2 Å². The number of amides is 1. The van der Waals surface area contributed by atoms with Gasteiger partial charge in [0.25, 0.3) is 5.22 Å². The lowest BCUT2D eigenvalue weighted by atomic mass is 9.99. The van der Waals surface area contributed by atoms with Crippen LogP contribution < -0.4 is 0 Å². The largest absolute Gasteiger partial charge is 0.411 e. The Hall–Kier alpha value is -1.82. The lowest BCUT2D eigenvalue weighted by Crippen LogP contribution is -2.41. The van der Waals surface area contributed by atoms with Crippen LogP contribution in [-0.2, 0) is 4.79 Å². The van der Waals surface area contributed by atoms with E-state index in [0.29, 0.717) is 17.0 Å². The van der Waals surface area contributed by atoms with Gasteiger partial charge in [-0.2, -0.15) is 0 Å². The summed E-state index contributed by atoms with van der Waals surface area (Å²) >= 11 is 1.33. The fraction of sp³-hybridized carbons (Fsp3) is 0.471. The summed E-state index contributed by atoms with van der Waals surface area (Å²) in [6.07, 6.45) is 2.17. The average molecular weight is 331 g/mol. The number of hydrogen-bond donors (Lipinski definition) is 0. The molecule has 3 rings (SSSR count). The van der Waals surface area contributed by atoms with Crippen molar-refractivity contribution in [1.82, 2.24) is 15.1 Å². The van der Waals surface area contributed by atoms with E-state index < -0.39 is 0 Å². The van der Waals surface area contributed by atoms with E-state index in [4.69, 9.17) is 4.42 Å². The molecule has 1 aromatic carbocycles. The van der Waals surface area contributed by atoms with Crippen molar-refractivity contribution in [2.75, 3.05) is 13.1 Å². The molecule has 0 bridgehead atoms. The maximum Gasteiger partial charge on any atom is 0.277 e. The van der Waals surface area contributed by atoms with E-state index in [0.717, 1.165) is 31.5 Å². The van der Waals surface area contributed by atoms with Gasteiger partial charge in [-0.1, -0.05) is 36.9 Å². The average Bonchev–Trinajstić information content (AvgIpc) is 3.04. The van der Waals surface area contributed by atoms with Crippen LogP contribution in [0.3, 0.4) is 0 Å². The Morgan fingerprint density at radius 2 is 1.96 bits per heavy atom. The molecule has 1 aliphatic heterocycles. The van der Waals surface area contributed by atoms with Gasteiger partial charge in [-0.25, -0.2) is 0 Å². The fourth-order valence-corrected chi connectivity index (χ4v) is 3.41. The predicted molar refractivity (Wildman–Crippen MR) is 90.0 cm³/mol. The molecule has 2 heterocycles. The van der Waals surface area contributed by atoms with Crippen LogP contribution >= 0.6 is 11.8 Å². The normalized spacial score (nSPS) is 17.2. The molecule has 23 heavy (non-hydrogen) atoms. The summed E-state index contributed by atoms with van der Waals surface area (Å²) in [5.41, 5.74) is 0.885. The molecule has 1 unspecified atom stereocenters. The second-order valence-electron chi connectivity index (χ2n) is 6.01. The van der Waals surface area contributed by atoms with E-state index in [1.54, 1.807) is 0 Å².